The number of ether oxygens (including phenoxy) is 1. The van der Waals surface area contributed by atoms with E-state index in [1.54, 1.807) is 24.6 Å². The lowest BCUT2D eigenvalue weighted by Crippen LogP contribution is -2.14. The number of amides is 1. The molecule has 1 N–H and O–H groups in total. The zero-order chi connectivity index (χ0) is 19.5. The number of benzene rings is 1. The molecule has 7 nitrogen and oxygen atoms in total. The van der Waals surface area contributed by atoms with Crippen LogP contribution in [-0.4, -0.2) is 38.9 Å². The van der Waals surface area contributed by atoms with Crippen molar-refractivity contribution >= 4 is 55.7 Å². The summed E-state index contributed by atoms with van der Waals surface area (Å²) in [6, 6.07) is 7.68. The van der Waals surface area contributed by atoms with Crippen molar-refractivity contribution in [1.29, 1.82) is 0 Å². The third kappa shape index (κ3) is 3.98. The predicted molar refractivity (Wildman–Crippen MR) is 113 cm³/mol. The Morgan fingerprint density at radius 2 is 2.07 bits per heavy atom. The molecule has 0 saturated heterocycles. The molecular weight excluding hydrogens is 414 g/mol. The summed E-state index contributed by atoms with van der Waals surface area (Å²) in [5, 5.41) is 15.5. The number of carbonyl (C=O) groups is 1. The maximum atomic E-state index is 12.1. The second kappa shape index (κ2) is 8.21. The van der Waals surface area contributed by atoms with E-state index in [9.17, 15) is 4.79 Å². The van der Waals surface area contributed by atoms with E-state index >= 15 is 0 Å². The average molecular weight is 430 g/mol. The first-order valence-electron chi connectivity index (χ1n) is 8.24. The number of thiazole rings is 2. The maximum absolute atomic E-state index is 12.1. The van der Waals surface area contributed by atoms with Crippen LogP contribution in [0.15, 0.2) is 40.9 Å². The van der Waals surface area contributed by atoms with Gasteiger partial charge in [0.15, 0.2) is 5.13 Å². The van der Waals surface area contributed by atoms with Gasteiger partial charge in [0.05, 0.1) is 22.6 Å². The molecule has 0 unspecified atom stereocenters. The molecule has 0 aliphatic carbocycles. The SMILES string of the molecule is COc1ccc(-c2nnc(SCC(=O)Nc3nccs3)c3nc(C)sc23)cc1. The highest BCUT2D eigenvalue weighted by Gasteiger charge is 2.17. The van der Waals surface area contributed by atoms with E-state index in [1.807, 2.05) is 36.6 Å². The van der Waals surface area contributed by atoms with E-state index < -0.39 is 0 Å². The Balaban J connectivity index is 1.59. The fourth-order valence-corrected chi connectivity index (χ4v) is 4.79. The molecule has 28 heavy (non-hydrogen) atoms. The van der Waals surface area contributed by atoms with Crippen molar-refractivity contribution in [2.75, 3.05) is 18.2 Å². The predicted octanol–water partition coefficient (Wildman–Crippen LogP) is 4.26. The number of hydrogen-bond acceptors (Lipinski definition) is 9. The molecule has 0 aliphatic rings. The van der Waals surface area contributed by atoms with Gasteiger partial charge in [-0.15, -0.1) is 32.9 Å². The summed E-state index contributed by atoms with van der Waals surface area (Å²) in [5.74, 6) is 0.856. The molecule has 4 aromatic rings. The van der Waals surface area contributed by atoms with E-state index in [-0.39, 0.29) is 11.7 Å². The second-order valence-electron chi connectivity index (χ2n) is 5.67. The number of methoxy groups -OCH3 is 1. The minimum absolute atomic E-state index is 0.138. The van der Waals surface area contributed by atoms with Crippen LogP contribution >= 0.6 is 34.4 Å². The van der Waals surface area contributed by atoms with Gasteiger partial charge in [0.2, 0.25) is 5.91 Å². The van der Waals surface area contributed by atoms with Crippen molar-refractivity contribution in [2.24, 2.45) is 0 Å². The summed E-state index contributed by atoms with van der Waals surface area (Å²) in [7, 11) is 1.64. The maximum Gasteiger partial charge on any atom is 0.236 e. The number of thioether (sulfide) groups is 1. The Kier molecular flexibility index (Phi) is 5.51. The van der Waals surface area contributed by atoms with E-state index in [4.69, 9.17) is 4.74 Å². The van der Waals surface area contributed by atoms with Crippen LogP contribution in [0.25, 0.3) is 21.5 Å². The zero-order valence-electron chi connectivity index (χ0n) is 15.0. The van der Waals surface area contributed by atoms with Crippen molar-refractivity contribution in [3.05, 3.63) is 40.8 Å². The molecule has 1 amide bonds. The highest BCUT2D eigenvalue weighted by Crippen LogP contribution is 2.35. The van der Waals surface area contributed by atoms with Gasteiger partial charge in [0.25, 0.3) is 0 Å². The summed E-state index contributed by atoms with van der Waals surface area (Å²) >= 11 is 4.27. The minimum Gasteiger partial charge on any atom is -0.497 e. The molecule has 3 aromatic heterocycles. The largest absolute Gasteiger partial charge is 0.497 e. The van der Waals surface area contributed by atoms with Gasteiger partial charge >= 0.3 is 0 Å². The Morgan fingerprint density at radius 3 is 2.79 bits per heavy atom. The van der Waals surface area contributed by atoms with E-state index in [0.717, 1.165) is 32.2 Å². The summed E-state index contributed by atoms with van der Waals surface area (Å²) in [6.07, 6.45) is 1.65. The minimum atomic E-state index is -0.138. The summed E-state index contributed by atoms with van der Waals surface area (Å²) < 4.78 is 6.18. The molecule has 0 saturated carbocycles. The first kappa shape index (κ1) is 18.8. The molecule has 0 fully saturated rings. The van der Waals surface area contributed by atoms with Crippen molar-refractivity contribution in [1.82, 2.24) is 20.2 Å². The number of nitrogens with zero attached hydrogens (tertiary/aromatic N) is 4. The smallest absolute Gasteiger partial charge is 0.236 e. The van der Waals surface area contributed by atoms with Gasteiger partial charge in [-0.2, -0.15) is 0 Å². The van der Waals surface area contributed by atoms with Crippen LogP contribution in [0.4, 0.5) is 5.13 Å². The Hall–Kier alpha value is -2.56. The molecule has 3 heterocycles. The van der Waals surface area contributed by atoms with Crippen molar-refractivity contribution in [3.63, 3.8) is 0 Å². The molecule has 1 aromatic carbocycles. The van der Waals surface area contributed by atoms with Crippen molar-refractivity contribution in [3.8, 4) is 17.0 Å². The number of hydrogen-bond donors (Lipinski definition) is 1. The second-order valence-corrected chi connectivity index (χ2v) is 8.73. The number of nitrogens with one attached hydrogen (secondary N) is 1. The topological polar surface area (TPSA) is 89.9 Å². The Labute approximate surface area is 173 Å². The molecule has 4 rings (SSSR count). The Morgan fingerprint density at radius 1 is 1.25 bits per heavy atom. The van der Waals surface area contributed by atoms with E-state index in [2.05, 4.69) is 25.5 Å². The van der Waals surface area contributed by atoms with Gasteiger partial charge < -0.3 is 10.1 Å². The molecule has 10 heteroatoms. The number of aryl methyl sites for hydroxylation is 1. The van der Waals surface area contributed by atoms with Gasteiger partial charge in [-0.25, -0.2) is 9.97 Å². The van der Waals surface area contributed by atoms with E-state index in [1.165, 1.54) is 23.1 Å². The van der Waals surface area contributed by atoms with Crippen LogP contribution in [-0.2, 0) is 4.79 Å². The van der Waals surface area contributed by atoms with Crippen LogP contribution in [0.1, 0.15) is 5.01 Å². The van der Waals surface area contributed by atoms with Crippen LogP contribution < -0.4 is 10.1 Å². The number of anilines is 1. The van der Waals surface area contributed by atoms with Gasteiger partial charge in [0, 0.05) is 17.1 Å². The number of carbonyl (C=O) groups excluding carboxylic acids is 1. The number of aromatic nitrogens is 4. The lowest BCUT2D eigenvalue weighted by molar-refractivity contribution is -0.113. The molecular formula is C18H15N5O2S3. The van der Waals surface area contributed by atoms with Crippen LogP contribution in [0.5, 0.6) is 5.75 Å². The average Bonchev–Trinajstić information content (AvgIpc) is 3.35. The highest BCUT2D eigenvalue weighted by molar-refractivity contribution is 8.00. The van der Waals surface area contributed by atoms with Crippen molar-refractivity contribution < 1.29 is 9.53 Å². The molecule has 0 aliphatic heterocycles. The van der Waals surface area contributed by atoms with Gasteiger partial charge in [-0.05, 0) is 31.2 Å². The first-order valence-corrected chi connectivity index (χ1v) is 10.9. The van der Waals surface area contributed by atoms with Crippen molar-refractivity contribution in [2.45, 2.75) is 11.9 Å². The summed E-state index contributed by atoms with van der Waals surface area (Å²) in [6.45, 7) is 1.95. The van der Waals surface area contributed by atoms with Crippen LogP contribution in [0, 0.1) is 6.92 Å². The zero-order valence-corrected chi connectivity index (χ0v) is 17.5. The standard InChI is InChI=1S/C18H15N5O2S3/c1-10-20-15-16(28-10)14(11-3-5-12(25-2)6-4-11)22-23-17(15)27-9-13(24)21-18-19-7-8-26-18/h3-8H,9H2,1-2H3,(H,19,21,24). The fraction of sp³-hybridized carbons (Fsp3) is 0.167. The van der Waals surface area contributed by atoms with Gasteiger partial charge in [-0.3, -0.25) is 4.79 Å². The van der Waals surface area contributed by atoms with Gasteiger partial charge in [0.1, 0.15) is 22.0 Å². The summed E-state index contributed by atoms with van der Waals surface area (Å²) in [4.78, 5) is 20.8. The summed E-state index contributed by atoms with van der Waals surface area (Å²) in [5.41, 5.74) is 2.50. The van der Waals surface area contributed by atoms with Crippen LogP contribution in [0.3, 0.4) is 0 Å². The first-order chi connectivity index (χ1) is 13.6. The normalized spacial score (nSPS) is 10.9. The van der Waals surface area contributed by atoms with E-state index in [0.29, 0.717) is 10.2 Å². The molecule has 0 radical (unpaired) electrons. The molecule has 0 atom stereocenters. The highest BCUT2D eigenvalue weighted by atomic mass is 32.2. The lowest BCUT2D eigenvalue weighted by Gasteiger charge is -2.06. The lowest BCUT2D eigenvalue weighted by atomic mass is 10.1. The third-order valence-corrected chi connectivity index (χ3v) is 6.40. The molecule has 142 valence electrons. The quantitative estimate of drug-likeness (QED) is 0.458. The van der Waals surface area contributed by atoms with Crippen LogP contribution in [0.2, 0.25) is 0 Å². The monoisotopic (exact) mass is 429 g/mol. The van der Waals surface area contributed by atoms with Gasteiger partial charge in [-0.1, -0.05) is 11.8 Å². The Bertz CT molecular complexity index is 1110. The number of fused-ring (bicyclic) bond motifs is 1. The molecule has 0 bridgehead atoms. The molecule has 0 spiro atoms. The third-order valence-electron chi connectivity index (χ3n) is 3.77. The number of rotatable bonds is 6. The fourth-order valence-electron chi connectivity index (χ4n) is 2.53.